The maximum atomic E-state index is 12.8. The van der Waals surface area contributed by atoms with Crippen LogP contribution in [0.15, 0.2) is 36.5 Å². The molecule has 1 aromatic heterocycles. The molecule has 0 fully saturated rings. The van der Waals surface area contributed by atoms with Crippen LogP contribution in [0.25, 0.3) is 0 Å². The van der Waals surface area contributed by atoms with Crippen LogP contribution in [0.4, 0.5) is 23.7 Å². The first-order valence-corrected chi connectivity index (χ1v) is 6.96. The van der Waals surface area contributed by atoms with E-state index < -0.39 is 17.8 Å². The zero-order valence-electron chi connectivity index (χ0n) is 12.0. The van der Waals surface area contributed by atoms with Gasteiger partial charge in [-0.15, -0.1) is 0 Å². The summed E-state index contributed by atoms with van der Waals surface area (Å²) in [4.78, 5) is 15.6. The molecule has 23 heavy (non-hydrogen) atoms. The van der Waals surface area contributed by atoms with Gasteiger partial charge in [-0.1, -0.05) is 23.7 Å². The van der Waals surface area contributed by atoms with Gasteiger partial charge in [-0.2, -0.15) is 13.2 Å². The minimum atomic E-state index is -4.47. The highest BCUT2D eigenvalue weighted by Crippen LogP contribution is 2.33. The number of aromatic nitrogens is 1. The van der Waals surface area contributed by atoms with Gasteiger partial charge < -0.3 is 10.6 Å². The van der Waals surface area contributed by atoms with Crippen LogP contribution in [0.2, 0.25) is 5.15 Å². The number of carbonyl (C=O) groups is 1. The van der Waals surface area contributed by atoms with Gasteiger partial charge in [0, 0.05) is 18.4 Å². The molecule has 2 rings (SSSR count). The Kier molecular flexibility index (Phi) is 5.10. The lowest BCUT2D eigenvalue weighted by Crippen LogP contribution is -2.28. The third-order valence-electron chi connectivity index (χ3n) is 3.04. The van der Waals surface area contributed by atoms with Crippen LogP contribution in [0, 0.1) is 6.92 Å². The largest absolute Gasteiger partial charge is 0.416 e. The van der Waals surface area contributed by atoms with E-state index in [2.05, 4.69) is 15.6 Å². The molecule has 0 aliphatic heterocycles. The number of amides is 2. The molecule has 0 bridgehead atoms. The molecule has 0 saturated carbocycles. The second-order valence-electron chi connectivity index (χ2n) is 4.82. The normalized spacial score (nSPS) is 11.2. The fourth-order valence-corrected chi connectivity index (χ4v) is 1.99. The van der Waals surface area contributed by atoms with Crippen LogP contribution >= 0.6 is 11.6 Å². The summed E-state index contributed by atoms with van der Waals surface area (Å²) in [6.45, 7) is 1.54. The molecule has 122 valence electrons. The van der Waals surface area contributed by atoms with Crippen molar-refractivity contribution >= 4 is 23.3 Å². The summed E-state index contributed by atoms with van der Waals surface area (Å²) < 4.78 is 38.5. The fraction of sp³-hybridized carbons (Fsp3) is 0.200. The van der Waals surface area contributed by atoms with Crippen LogP contribution in [0.3, 0.4) is 0 Å². The van der Waals surface area contributed by atoms with Crippen molar-refractivity contribution in [2.75, 3.05) is 5.32 Å². The molecule has 2 amide bonds. The van der Waals surface area contributed by atoms with E-state index in [0.29, 0.717) is 10.7 Å². The zero-order valence-corrected chi connectivity index (χ0v) is 12.8. The van der Waals surface area contributed by atoms with E-state index in [0.717, 1.165) is 6.07 Å². The number of hydrogen-bond acceptors (Lipinski definition) is 2. The molecule has 8 heteroatoms. The van der Waals surface area contributed by atoms with Gasteiger partial charge in [-0.25, -0.2) is 9.78 Å². The maximum absolute atomic E-state index is 12.8. The van der Waals surface area contributed by atoms with E-state index in [1.807, 2.05) is 0 Å². The van der Waals surface area contributed by atoms with Crippen LogP contribution in [0.5, 0.6) is 0 Å². The van der Waals surface area contributed by atoms with Crippen molar-refractivity contribution in [1.29, 1.82) is 0 Å². The lowest BCUT2D eigenvalue weighted by Gasteiger charge is -2.13. The van der Waals surface area contributed by atoms with Crippen LogP contribution < -0.4 is 10.6 Å². The van der Waals surface area contributed by atoms with Gasteiger partial charge in [0.15, 0.2) is 0 Å². The van der Waals surface area contributed by atoms with Crippen molar-refractivity contribution in [3.8, 4) is 0 Å². The number of nitrogens with zero attached hydrogens (tertiary/aromatic N) is 1. The zero-order chi connectivity index (χ0) is 17.0. The standard InChI is InChI=1S/C15H13ClF3N3O/c1-9-2-4-11(6-12(9)15(17,18)19)22-14(23)21-8-10-3-5-13(16)20-7-10/h2-7H,8H2,1H3,(H2,21,22,23). The predicted octanol–water partition coefficient (Wildman–Crippen LogP) is 4.38. The maximum Gasteiger partial charge on any atom is 0.416 e. The summed E-state index contributed by atoms with van der Waals surface area (Å²) in [6.07, 6.45) is -2.97. The number of hydrogen-bond donors (Lipinski definition) is 2. The van der Waals surface area contributed by atoms with Crippen molar-refractivity contribution in [3.63, 3.8) is 0 Å². The van der Waals surface area contributed by atoms with Crippen LogP contribution in [0.1, 0.15) is 16.7 Å². The molecule has 0 spiro atoms. The highest BCUT2D eigenvalue weighted by Gasteiger charge is 2.32. The third-order valence-corrected chi connectivity index (χ3v) is 3.27. The highest BCUT2D eigenvalue weighted by atomic mass is 35.5. The highest BCUT2D eigenvalue weighted by molar-refractivity contribution is 6.29. The number of rotatable bonds is 3. The number of anilines is 1. The summed E-state index contributed by atoms with van der Waals surface area (Å²) >= 11 is 5.64. The van der Waals surface area contributed by atoms with Crippen molar-refractivity contribution in [2.45, 2.75) is 19.6 Å². The fourth-order valence-electron chi connectivity index (χ4n) is 1.87. The van der Waals surface area contributed by atoms with E-state index in [-0.39, 0.29) is 17.8 Å². The second kappa shape index (κ2) is 6.87. The van der Waals surface area contributed by atoms with Gasteiger partial charge in [0.1, 0.15) is 5.15 Å². The number of aryl methyl sites for hydroxylation is 1. The van der Waals surface area contributed by atoms with E-state index in [4.69, 9.17) is 11.6 Å². The molecule has 2 N–H and O–H groups in total. The number of pyridine rings is 1. The number of nitrogens with one attached hydrogen (secondary N) is 2. The first-order chi connectivity index (χ1) is 10.8. The van der Waals surface area contributed by atoms with Gasteiger partial charge in [0.2, 0.25) is 0 Å². The van der Waals surface area contributed by atoms with Gasteiger partial charge in [-0.3, -0.25) is 0 Å². The molecule has 1 aromatic carbocycles. The Bertz CT molecular complexity index is 702. The summed E-state index contributed by atoms with van der Waals surface area (Å²) in [7, 11) is 0. The number of halogens is 4. The van der Waals surface area contributed by atoms with E-state index in [1.54, 1.807) is 12.1 Å². The molecule has 0 unspecified atom stereocenters. The number of urea groups is 1. The van der Waals surface area contributed by atoms with Gasteiger partial charge in [-0.05, 0) is 36.2 Å². The average Bonchev–Trinajstić information content (AvgIpc) is 2.47. The SMILES string of the molecule is Cc1ccc(NC(=O)NCc2ccc(Cl)nc2)cc1C(F)(F)F. The van der Waals surface area contributed by atoms with Gasteiger partial charge >= 0.3 is 12.2 Å². The summed E-state index contributed by atoms with van der Waals surface area (Å²) in [5, 5.41) is 5.22. The van der Waals surface area contributed by atoms with E-state index in [9.17, 15) is 18.0 Å². The Morgan fingerprint density at radius 3 is 2.61 bits per heavy atom. The molecule has 0 atom stereocenters. The minimum absolute atomic E-state index is 0.0645. The monoisotopic (exact) mass is 343 g/mol. The van der Waals surface area contributed by atoms with Gasteiger partial charge in [0.25, 0.3) is 0 Å². The first kappa shape index (κ1) is 17.1. The average molecular weight is 344 g/mol. The third kappa shape index (κ3) is 4.85. The Labute approximate surface area is 135 Å². The molecule has 0 aliphatic rings. The number of benzene rings is 1. The Hall–Kier alpha value is -2.28. The topological polar surface area (TPSA) is 54.0 Å². The first-order valence-electron chi connectivity index (χ1n) is 6.59. The van der Waals surface area contributed by atoms with Gasteiger partial charge in [0.05, 0.1) is 5.56 Å². The number of carbonyl (C=O) groups excluding carboxylic acids is 1. The molecule has 2 aromatic rings. The Morgan fingerprint density at radius 2 is 2.00 bits per heavy atom. The number of alkyl halides is 3. The van der Waals surface area contributed by atoms with Crippen molar-refractivity contribution in [2.24, 2.45) is 0 Å². The molecule has 4 nitrogen and oxygen atoms in total. The minimum Gasteiger partial charge on any atom is -0.334 e. The van der Waals surface area contributed by atoms with E-state index in [1.165, 1.54) is 25.3 Å². The quantitative estimate of drug-likeness (QED) is 0.812. The van der Waals surface area contributed by atoms with E-state index >= 15 is 0 Å². The van der Waals surface area contributed by atoms with Crippen LogP contribution in [-0.4, -0.2) is 11.0 Å². The van der Waals surface area contributed by atoms with Crippen molar-refractivity contribution in [1.82, 2.24) is 10.3 Å². The molecule has 0 saturated heterocycles. The smallest absolute Gasteiger partial charge is 0.334 e. The van der Waals surface area contributed by atoms with Crippen LogP contribution in [-0.2, 0) is 12.7 Å². The van der Waals surface area contributed by atoms with Crippen molar-refractivity contribution < 1.29 is 18.0 Å². The molecule has 1 heterocycles. The molecular weight excluding hydrogens is 331 g/mol. The molecule has 0 radical (unpaired) electrons. The molecular formula is C15H13ClF3N3O. The Balaban J connectivity index is 1.99. The summed E-state index contributed by atoms with van der Waals surface area (Å²) in [5.74, 6) is 0. The summed E-state index contributed by atoms with van der Waals surface area (Å²) in [5.41, 5.74) is 0.0898. The molecule has 0 aliphatic carbocycles. The second-order valence-corrected chi connectivity index (χ2v) is 5.21. The lowest BCUT2D eigenvalue weighted by atomic mass is 10.1. The Morgan fingerprint density at radius 1 is 1.26 bits per heavy atom. The summed E-state index contributed by atoms with van der Waals surface area (Å²) in [6, 6.07) is 6.26. The predicted molar refractivity (Wildman–Crippen MR) is 81.3 cm³/mol. The van der Waals surface area contributed by atoms with Crippen molar-refractivity contribution in [3.05, 3.63) is 58.4 Å². The lowest BCUT2D eigenvalue weighted by molar-refractivity contribution is -0.138.